The van der Waals surface area contributed by atoms with Gasteiger partial charge in [0.15, 0.2) is 6.61 Å². The lowest BCUT2D eigenvalue weighted by Crippen LogP contribution is -2.20. The zero-order valence-electron chi connectivity index (χ0n) is 16.0. The van der Waals surface area contributed by atoms with E-state index in [1.807, 2.05) is 0 Å². The van der Waals surface area contributed by atoms with Gasteiger partial charge in [0.2, 0.25) is 0 Å². The van der Waals surface area contributed by atoms with E-state index < -0.39 is 15.8 Å². The Morgan fingerprint density at radius 3 is 2.03 bits per heavy atom. The number of methoxy groups -OCH3 is 1. The summed E-state index contributed by atoms with van der Waals surface area (Å²) in [6, 6.07) is 17.4. The molecule has 0 aliphatic carbocycles. The summed E-state index contributed by atoms with van der Waals surface area (Å²) in [5.41, 5.74) is 0.838. The predicted octanol–water partition coefficient (Wildman–Crippen LogP) is 3.65. The zero-order chi connectivity index (χ0) is 21.6. The first-order chi connectivity index (χ1) is 14.4. The normalized spacial score (nSPS) is 10.9. The fourth-order valence-electron chi connectivity index (χ4n) is 2.47. The zero-order valence-corrected chi connectivity index (χ0v) is 16.8. The van der Waals surface area contributed by atoms with Gasteiger partial charge in [-0.15, -0.1) is 0 Å². The van der Waals surface area contributed by atoms with Crippen molar-refractivity contribution in [1.29, 1.82) is 0 Å². The highest BCUT2D eigenvalue weighted by Crippen LogP contribution is 2.20. The van der Waals surface area contributed by atoms with Gasteiger partial charge in [-0.25, -0.2) is 12.8 Å². The minimum Gasteiger partial charge on any atom is -0.497 e. The molecule has 3 rings (SSSR count). The van der Waals surface area contributed by atoms with Gasteiger partial charge in [0.1, 0.15) is 17.3 Å². The quantitative estimate of drug-likeness (QED) is 0.569. The van der Waals surface area contributed by atoms with Gasteiger partial charge >= 0.3 is 0 Å². The Kier molecular flexibility index (Phi) is 6.53. The summed E-state index contributed by atoms with van der Waals surface area (Å²) in [5.74, 6) is 0.180. The van der Waals surface area contributed by atoms with E-state index >= 15 is 0 Å². The third kappa shape index (κ3) is 5.71. The highest BCUT2D eigenvalue weighted by molar-refractivity contribution is 7.92. The summed E-state index contributed by atoms with van der Waals surface area (Å²) in [6.45, 7) is -0.244. The van der Waals surface area contributed by atoms with Crippen molar-refractivity contribution >= 4 is 27.3 Å². The molecule has 0 unspecified atom stereocenters. The van der Waals surface area contributed by atoms with Crippen LogP contribution in [0.3, 0.4) is 0 Å². The van der Waals surface area contributed by atoms with Crippen molar-refractivity contribution in [1.82, 2.24) is 0 Å². The lowest BCUT2D eigenvalue weighted by Gasteiger charge is -2.10. The molecule has 30 heavy (non-hydrogen) atoms. The number of carbonyl (C=O) groups excluding carboxylic acids is 1. The Morgan fingerprint density at radius 1 is 0.867 bits per heavy atom. The SMILES string of the molecule is COc1ccc(NC(=O)COc2ccc(S(=O)(=O)Nc3ccc(F)cc3)cc2)cc1. The molecule has 0 aliphatic rings. The van der Waals surface area contributed by atoms with E-state index in [9.17, 15) is 17.6 Å². The average Bonchev–Trinajstić information content (AvgIpc) is 2.74. The van der Waals surface area contributed by atoms with Crippen molar-refractivity contribution in [3.63, 3.8) is 0 Å². The lowest BCUT2D eigenvalue weighted by atomic mass is 10.3. The summed E-state index contributed by atoms with van der Waals surface area (Å²) >= 11 is 0. The molecule has 0 aromatic heterocycles. The first-order valence-electron chi connectivity index (χ1n) is 8.81. The van der Waals surface area contributed by atoms with Crippen molar-refractivity contribution in [3.05, 3.63) is 78.6 Å². The number of amides is 1. The van der Waals surface area contributed by atoms with E-state index in [2.05, 4.69) is 10.0 Å². The number of benzene rings is 3. The van der Waals surface area contributed by atoms with Crippen LogP contribution in [0.4, 0.5) is 15.8 Å². The molecule has 156 valence electrons. The Bertz CT molecular complexity index is 1100. The Labute approximate surface area is 173 Å². The largest absolute Gasteiger partial charge is 0.497 e. The molecule has 0 atom stereocenters. The second-order valence-corrected chi connectivity index (χ2v) is 7.83. The van der Waals surface area contributed by atoms with Crippen LogP contribution in [-0.4, -0.2) is 28.0 Å². The number of nitrogens with one attached hydrogen (secondary N) is 2. The van der Waals surface area contributed by atoms with Gasteiger partial charge in [-0.2, -0.15) is 0 Å². The first kappa shape index (κ1) is 21.1. The summed E-state index contributed by atoms with van der Waals surface area (Å²) < 4.78 is 50.5. The third-order valence-corrected chi connectivity index (χ3v) is 5.37. The lowest BCUT2D eigenvalue weighted by molar-refractivity contribution is -0.118. The molecule has 9 heteroatoms. The smallest absolute Gasteiger partial charge is 0.262 e. The highest BCUT2D eigenvalue weighted by atomic mass is 32.2. The van der Waals surface area contributed by atoms with Crippen LogP contribution in [0, 0.1) is 5.82 Å². The van der Waals surface area contributed by atoms with Gasteiger partial charge < -0.3 is 14.8 Å². The molecule has 3 aromatic carbocycles. The van der Waals surface area contributed by atoms with E-state index in [4.69, 9.17) is 9.47 Å². The van der Waals surface area contributed by atoms with Crippen LogP contribution in [0.2, 0.25) is 0 Å². The topological polar surface area (TPSA) is 93.7 Å². The standard InChI is InChI=1S/C21H19FN2O5S/c1-28-18-8-6-16(7-9-18)23-21(25)14-29-19-10-12-20(13-11-19)30(26,27)24-17-4-2-15(22)3-5-17/h2-13,24H,14H2,1H3,(H,23,25). The number of hydrogen-bond acceptors (Lipinski definition) is 5. The minimum atomic E-state index is -3.84. The molecular formula is C21H19FN2O5S. The first-order valence-corrected chi connectivity index (χ1v) is 10.3. The molecule has 0 spiro atoms. The Hall–Kier alpha value is -3.59. The van der Waals surface area contributed by atoms with E-state index in [-0.39, 0.29) is 23.1 Å². The molecule has 0 fully saturated rings. The van der Waals surface area contributed by atoms with Crippen LogP contribution < -0.4 is 19.5 Å². The monoisotopic (exact) mass is 430 g/mol. The Balaban J connectivity index is 1.55. The van der Waals surface area contributed by atoms with Gasteiger partial charge in [-0.1, -0.05) is 0 Å². The molecule has 1 amide bonds. The molecule has 3 aromatic rings. The fourth-order valence-corrected chi connectivity index (χ4v) is 3.53. The van der Waals surface area contributed by atoms with Gasteiger partial charge in [0.25, 0.3) is 15.9 Å². The molecule has 0 bridgehead atoms. The van der Waals surface area contributed by atoms with Crippen molar-refractivity contribution in [2.45, 2.75) is 4.90 Å². The van der Waals surface area contributed by atoms with Crippen LogP contribution in [0.25, 0.3) is 0 Å². The minimum absolute atomic E-state index is 0.00172. The second-order valence-electron chi connectivity index (χ2n) is 6.15. The van der Waals surface area contributed by atoms with Crippen molar-refractivity contribution in [2.75, 3.05) is 23.8 Å². The molecule has 0 heterocycles. The van der Waals surface area contributed by atoms with Gasteiger partial charge in [0.05, 0.1) is 12.0 Å². The molecule has 7 nitrogen and oxygen atoms in total. The summed E-state index contributed by atoms with van der Waals surface area (Å²) in [7, 11) is -2.29. The summed E-state index contributed by atoms with van der Waals surface area (Å²) in [5, 5.41) is 2.68. The maximum absolute atomic E-state index is 12.9. The number of ether oxygens (including phenoxy) is 2. The molecule has 2 N–H and O–H groups in total. The van der Waals surface area contributed by atoms with E-state index in [1.54, 1.807) is 31.4 Å². The maximum atomic E-state index is 12.9. The number of halogens is 1. The molecule has 0 saturated carbocycles. The molecular weight excluding hydrogens is 411 g/mol. The van der Waals surface area contributed by atoms with E-state index in [1.165, 1.54) is 36.4 Å². The predicted molar refractivity (Wildman–Crippen MR) is 111 cm³/mol. The van der Waals surface area contributed by atoms with Gasteiger partial charge in [-0.05, 0) is 72.8 Å². The highest BCUT2D eigenvalue weighted by Gasteiger charge is 2.14. The van der Waals surface area contributed by atoms with Crippen LogP contribution >= 0.6 is 0 Å². The van der Waals surface area contributed by atoms with Crippen molar-refractivity contribution in [2.24, 2.45) is 0 Å². The molecule has 0 radical (unpaired) electrons. The Morgan fingerprint density at radius 2 is 1.43 bits per heavy atom. The third-order valence-electron chi connectivity index (χ3n) is 3.97. The number of rotatable bonds is 8. The van der Waals surface area contributed by atoms with Crippen LogP contribution in [-0.2, 0) is 14.8 Å². The number of anilines is 2. The summed E-state index contributed by atoms with van der Waals surface area (Å²) in [6.07, 6.45) is 0. The van der Waals surface area contributed by atoms with Gasteiger partial charge in [0, 0.05) is 11.4 Å². The number of sulfonamides is 1. The fraction of sp³-hybridized carbons (Fsp3) is 0.0952. The van der Waals surface area contributed by atoms with Crippen LogP contribution in [0.1, 0.15) is 0 Å². The van der Waals surface area contributed by atoms with Crippen LogP contribution in [0.5, 0.6) is 11.5 Å². The van der Waals surface area contributed by atoms with Crippen LogP contribution in [0.15, 0.2) is 77.7 Å². The number of hydrogen-bond donors (Lipinski definition) is 2. The number of carbonyl (C=O) groups is 1. The average molecular weight is 430 g/mol. The van der Waals surface area contributed by atoms with E-state index in [0.717, 1.165) is 12.1 Å². The van der Waals surface area contributed by atoms with Crippen molar-refractivity contribution in [3.8, 4) is 11.5 Å². The molecule has 0 aliphatic heterocycles. The maximum Gasteiger partial charge on any atom is 0.262 e. The van der Waals surface area contributed by atoms with E-state index in [0.29, 0.717) is 17.2 Å². The second kappa shape index (κ2) is 9.27. The van der Waals surface area contributed by atoms with Gasteiger partial charge in [-0.3, -0.25) is 9.52 Å². The molecule has 0 saturated heterocycles. The summed E-state index contributed by atoms with van der Waals surface area (Å²) in [4.78, 5) is 12.0. The van der Waals surface area contributed by atoms with Crippen molar-refractivity contribution < 1.29 is 27.1 Å².